The molecule has 5 heteroatoms. The largest absolute Gasteiger partial charge is 0.492 e. The average Bonchev–Trinajstić information content (AvgIpc) is 3.19. The summed E-state index contributed by atoms with van der Waals surface area (Å²) in [5.41, 5.74) is 0.928. The van der Waals surface area contributed by atoms with Crippen molar-refractivity contribution in [2.45, 2.75) is 24.9 Å². The van der Waals surface area contributed by atoms with E-state index >= 15 is 0 Å². The molecule has 1 fully saturated rings. The molecule has 1 amide bonds. The summed E-state index contributed by atoms with van der Waals surface area (Å²) in [6.07, 6.45) is 1.75. The van der Waals surface area contributed by atoms with Crippen LogP contribution in [-0.4, -0.2) is 42.2 Å². The first-order chi connectivity index (χ1) is 9.56. The molecule has 0 aromatic heterocycles. The number of amides is 1. The van der Waals surface area contributed by atoms with Gasteiger partial charge in [-0.15, -0.1) is 0 Å². The van der Waals surface area contributed by atoms with Crippen molar-refractivity contribution in [3.05, 3.63) is 28.2 Å². The van der Waals surface area contributed by atoms with Crippen LogP contribution in [0.5, 0.6) is 5.75 Å². The molecule has 1 aliphatic carbocycles. The first-order valence-corrected chi connectivity index (χ1v) is 7.71. The van der Waals surface area contributed by atoms with Crippen LogP contribution in [0.1, 0.15) is 24.3 Å². The fourth-order valence-electron chi connectivity index (χ4n) is 2.66. The van der Waals surface area contributed by atoms with E-state index in [1.54, 1.807) is 11.9 Å². The summed E-state index contributed by atoms with van der Waals surface area (Å²) in [5.74, 6) is 0.912. The molecule has 1 aromatic rings. The lowest BCUT2D eigenvalue weighted by Gasteiger charge is -2.23. The fraction of sp³-hybridized carbons (Fsp3) is 0.533. The van der Waals surface area contributed by atoms with Crippen molar-refractivity contribution in [2.75, 3.05) is 20.2 Å². The summed E-state index contributed by atoms with van der Waals surface area (Å²) >= 11 is 3.43. The Balaban J connectivity index is 1.70. The summed E-state index contributed by atoms with van der Waals surface area (Å²) in [6, 6.07) is 5.73. The smallest absolute Gasteiger partial charge is 0.233 e. The maximum atomic E-state index is 12.5. The Hall–Kier alpha value is -1.07. The predicted molar refractivity (Wildman–Crippen MR) is 78.7 cm³/mol. The number of carbonyl (C=O) groups is 1. The monoisotopic (exact) mass is 339 g/mol. The van der Waals surface area contributed by atoms with E-state index in [1.807, 2.05) is 18.2 Å². The molecule has 1 saturated carbocycles. The lowest BCUT2D eigenvalue weighted by atomic mass is 10.00. The SMILES string of the molecule is CN(CC(O)C1CC1)C(=O)C1COc2ccc(Br)cc21. The van der Waals surface area contributed by atoms with Crippen LogP contribution in [0, 0.1) is 5.92 Å². The maximum absolute atomic E-state index is 12.5. The van der Waals surface area contributed by atoms with Gasteiger partial charge in [-0.05, 0) is 37.0 Å². The van der Waals surface area contributed by atoms with E-state index in [0.29, 0.717) is 19.1 Å². The standard InChI is InChI=1S/C15H18BrNO3/c1-17(7-13(18)9-2-3-9)15(19)12-8-20-14-5-4-10(16)6-11(12)14/h4-6,9,12-13,18H,2-3,7-8H2,1H3. The van der Waals surface area contributed by atoms with E-state index in [4.69, 9.17) is 4.74 Å². The Bertz CT molecular complexity index is 530. The number of benzene rings is 1. The molecule has 0 spiro atoms. The van der Waals surface area contributed by atoms with Gasteiger partial charge in [0.25, 0.3) is 0 Å². The van der Waals surface area contributed by atoms with Gasteiger partial charge in [-0.3, -0.25) is 4.79 Å². The molecule has 0 radical (unpaired) electrons. The molecular formula is C15H18BrNO3. The molecule has 4 nitrogen and oxygen atoms in total. The normalized spacial score (nSPS) is 22.1. The van der Waals surface area contributed by atoms with E-state index in [0.717, 1.165) is 28.6 Å². The molecule has 20 heavy (non-hydrogen) atoms. The highest BCUT2D eigenvalue weighted by atomic mass is 79.9. The van der Waals surface area contributed by atoms with E-state index in [1.165, 1.54) is 0 Å². The summed E-state index contributed by atoms with van der Waals surface area (Å²) in [5, 5.41) is 9.96. The predicted octanol–water partition coefficient (Wildman–Crippen LogP) is 2.15. The Morgan fingerprint density at radius 2 is 2.30 bits per heavy atom. The van der Waals surface area contributed by atoms with Crippen LogP contribution in [-0.2, 0) is 4.79 Å². The maximum Gasteiger partial charge on any atom is 0.233 e. The zero-order valence-corrected chi connectivity index (χ0v) is 13.0. The summed E-state index contributed by atoms with van der Waals surface area (Å²) in [4.78, 5) is 14.1. The number of hydrogen-bond donors (Lipinski definition) is 1. The number of likely N-dealkylation sites (N-methyl/N-ethyl adjacent to an activating group) is 1. The highest BCUT2D eigenvalue weighted by Gasteiger charge is 2.35. The minimum Gasteiger partial charge on any atom is -0.492 e. The molecule has 0 bridgehead atoms. The number of rotatable bonds is 4. The van der Waals surface area contributed by atoms with Gasteiger partial charge < -0.3 is 14.7 Å². The highest BCUT2D eigenvalue weighted by Crippen LogP contribution is 2.37. The van der Waals surface area contributed by atoms with Crippen LogP contribution in [0.4, 0.5) is 0 Å². The number of fused-ring (bicyclic) bond motifs is 1. The molecule has 2 unspecified atom stereocenters. The number of hydrogen-bond acceptors (Lipinski definition) is 3. The van der Waals surface area contributed by atoms with Gasteiger partial charge in [0.05, 0.1) is 6.10 Å². The minimum absolute atomic E-state index is 0.0153. The number of ether oxygens (including phenoxy) is 1. The second-order valence-electron chi connectivity index (χ2n) is 5.67. The number of halogens is 1. The molecule has 108 valence electrons. The van der Waals surface area contributed by atoms with Gasteiger partial charge in [0.2, 0.25) is 5.91 Å². The first-order valence-electron chi connectivity index (χ1n) is 6.91. The third-order valence-electron chi connectivity index (χ3n) is 4.05. The van der Waals surface area contributed by atoms with Crippen molar-refractivity contribution >= 4 is 21.8 Å². The molecule has 1 aliphatic heterocycles. The lowest BCUT2D eigenvalue weighted by Crippen LogP contribution is -2.38. The Kier molecular flexibility index (Phi) is 3.73. The Labute approximate surface area is 126 Å². The molecular weight excluding hydrogens is 322 g/mol. The van der Waals surface area contributed by atoms with Crippen LogP contribution in [0.3, 0.4) is 0 Å². The van der Waals surface area contributed by atoms with E-state index in [2.05, 4.69) is 15.9 Å². The van der Waals surface area contributed by atoms with Crippen molar-refractivity contribution in [3.8, 4) is 5.75 Å². The van der Waals surface area contributed by atoms with Gasteiger partial charge >= 0.3 is 0 Å². The summed E-state index contributed by atoms with van der Waals surface area (Å²) < 4.78 is 6.52. The second kappa shape index (κ2) is 5.37. The van der Waals surface area contributed by atoms with Gasteiger partial charge in [0, 0.05) is 23.6 Å². The van der Waals surface area contributed by atoms with E-state index in [9.17, 15) is 9.90 Å². The number of aliphatic hydroxyl groups is 1. The van der Waals surface area contributed by atoms with Crippen LogP contribution in [0.25, 0.3) is 0 Å². The van der Waals surface area contributed by atoms with Gasteiger partial charge in [-0.25, -0.2) is 0 Å². The molecule has 2 atom stereocenters. The molecule has 1 N–H and O–H groups in total. The summed E-state index contributed by atoms with van der Waals surface area (Å²) in [6.45, 7) is 0.790. The molecule has 0 saturated heterocycles. The third kappa shape index (κ3) is 2.69. The number of carbonyl (C=O) groups excluding carboxylic acids is 1. The first kappa shape index (κ1) is 13.9. The fourth-order valence-corrected chi connectivity index (χ4v) is 3.04. The van der Waals surface area contributed by atoms with Gasteiger partial charge in [0.1, 0.15) is 18.3 Å². The topological polar surface area (TPSA) is 49.8 Å². The van der Waals surface area contributed by atoms with Gasteiger partial charge in [-0.2, -0.15) is 0 Å². The van der Waals surface area contributed by atoms with Crippen LogP contribution < -0.4 is 4.74 Å². The van der Waals surface area contributed by atoms with E-state index < -0.39 is 6.10 Å². The Morgan fingerprint density at radius 3 is 3.00 bits per heavy atom. The number of aliphatic hydroxyl groups excluding tert-OH is 1. The van der Waals surface area contributed by atoms with Gasteiger partial charge in [-0.1, -0.05) is 15.9 Å². The van der Waals surface area contributed by atoms with Crippen LogP contribution in [0.2, 0.25) is 0 Å². The lowest BCUT2D eigenvalue weighted by molar-refractivity contribution is -0.133. The van der Waals surface area contributed by atoms with Crippen molar-refractivity contribution in [2.24, 2.45) is 5.92 Å². The molecule has 3 rings (SSSR count). The van der Waals surface area contributed by atoms with Crippen molar-refractivity contribution in [1.82, 2.24) is 4.90 Å². The van der Waals surface area contributed by atoms with Crippen molar-refractivity contribution < 1.29 is 14.6 Å². The highest BCUT2D eigenvalue weighted by molar-refractivity contribution is 9.10. The quantitative estimate of drug-likeness (QED) is 0.914. The average molecular weight is 340 g/mol. The molecule has 1 heterocycles. The summed E-state index contributed by atoms with van der Waals surface area (Å²) in [7, 11) is 1.75. The van der Waals surface area contributed by atoms with Crippen molar-refractivity contribution in [1.29, 1.82) is 0 Å². The zero-order chi connectivity index (χ0) is 14.3. The van der Waals surface area contributed by atoms with Crippen LogP contribution in [0.15, 0.2) is 22.7 Å². The van der Waals surface area contributed by atoms with Crippen molar-refractivity contribution in [3.63, 3.8) is 0 Å². The Morgan fingerprint density at radius 1 is 1.55 bits per heavy atom. The third-order valence-corrected chi connectivity index (χ3v) is 4.55. The number of nitrogens with zero attached hydrogens (tertiary/aromatic N) is 1. The minimum atomic E-state index is -0.395. The zero-order valence-electron chi connectivity index (χ0n) is 11.4. The van der Waals surface area contributed by atoms with E-state index in [-0.39, 0.29) is 11.8 Å². The van der Waals surface area contributed by atoms with Gasteiger partial charge in [0.15, 0.2) is 0 Å². The second-order valence-corrected chi connectivity index (χ2v) is 6.58. The molecule has 2 aliphatic rings. The molecule has 1 aromatic carbocycles. The van der Waals surface area contributed by atoms with Crippen LogP contribution >= 0.6 is 15.9 Å².